The summed E-state index contributed by atoms with van der Waals surface area (Å²) in [6.45, 7) is 2.31. The Bertz CT molecular complexity index is 529. The summed E-state index contributed by atoms with van der Waals surface area (Å²) in [7, 11) is 1.72. The topological polar surface area (TPSA) is 46.6 Å². The van der Waals surface area contributed by atoms with Crippen molar-refractivity contribution >= 4 is 21.8 Å². The van der Waals surface area contributed by atoms with Crippen molar-refractivity contribution < 1.29 is 13.6 Å². The first-order chi connectivity index (χ1) is 8.06. The van der Waals surface area contributed by atoms with E-state index < -0.39 is 0 Å². The normalized spacial score (nSPS) is 10.5. The molecule has 0 saturated heterocycles. The molecule has 0 radical (unpaired) electrons. The summed E-state index contributed by atoms with van der Waals surface area (Å²) in [4.78, 5) is 13.6. The number of nitrogens with zero attached hydrogens (tertiary/aromatic N) is 1. The molecular weight excluding hydrogens is 286 g/mol. The molecule has 0 saturated carbocycles. The molecule has 17 heavy (non-hydrogen) atoms. The highest BCUT2D eigenvalue weighted by molar-refractivity contribution is 9.10. The van der Waals surface area contributed by atoms with Crippen molar-refractivity contribution in [1.29, 1.82) is 0 Å². The molecule has 90 valence electrons. The fourth-order valence-electron chi connectivity index (χ4n) is 1.52. The van der Waals surface area contributed by atoms with E-state index in [1.807, 2.05) is 19.1 Å². The molecule has 2 aromatic rings. The van der Waals surface area contributed by atoms with Crippen LogP contribution in [0.25, 0.3) is 0 Å². The van der Waals surface area contributed by atoms with Crippen LogP contribution in [0.3, 0.4) is 0 Å². The molecule has 2 heterocycles. The molecular formula is C12H12BrNO3. The zero-order valence-corrected chi connectivity index (χ0v) is 11.2. The van der Waals surface area contributed by atoms with E-state index in [4.69, 9.17) is 8.83 Å². The smallest absolute Gasteiger partial charge is 0.257 e. The molecule has 2 aromatic heterocycles. The van der Waals surface area contributed by atoms with Crippen LogP contribution in [0, 0.1) is 6.92 Å². The second-order valence-electron chi connectivity index (χ2n) is 3.81. The Kier molecular flexibility index (Phi) is 3.38. The first-order valence-electron chi connectivity index (χ1n) is 5.11. The van der Waals surface area contributed by atoms with Crippen LogP contribution in [0.4, 0.5) is 0 Å². The summed E-state index contributed by atoms with van der Waals surface area (Å²) >= 11 is 3.16. The Morgan fingerprint density at radius 2 is 2.24 bits per heavy atom. The van der Waals surface area contributed by atoms with E-state index in [9.17, 15) is 4.79 Å². The highest BCUT2D eigenvalue weighted by atomic mass is 79.9. The number of carbonyl (C=O) groups excluding carboxylic acids is 1. The molecule has 0 unspecified atom stereocenters. The average Bonchev–Trinajstić information content (AvgIpc) is 2.87. The van der Waals surface area contributed by atoms with Crippen LogP contribution < -0.4 is 0 Å². The molecule has 0 aliphatic carbocycles. The summed E-state index contributed by atoms with van der Waals surface area (Å²) in [5.41, 5.74) is 0.516. The van der Waals surface area contributed by atoms with Gasteiger partial charge in [0, 0.05) is 13.1 Å². The number of amides is 1. The molecule has 0 atom stereocenters. The van der Waals surface area contributed by atoms with Crippen LogP contribution in [0.5, 0.6) is 0 Å². The summed E-state index contributed by atoms with van der Waals surface area (Å²) in [5.74, 6) is 1.50. The van der Waals surface area contributed by atoms with Gasteiger partial charge < -0.3 is 13.7 Å². The zero-order chi connectivity index (χ0) is 12.4. The predicted molar refractivity (Wildman–Crippen MR) is 65.7 cm³/mol. The van der Waals surface area contributed by atoms with Gasteiger partial charge in [-0.05, 0) is 35.0 Å². The number of aryl methyl sites for hydroxylation is 1. The molecule has 5 heteroatoms. The van der Waals surface area contributed by atoms with Gasteiger partial charge >= 0.3 is 0 Å². The minimum absolute atomic E-state index is 0.103. The Morgan fingerprint density at radius 3 is 2.76 bits per heavy atom. The van der Waals surface area contributed by atoms with Crippen LogP contribution in [0.1, 0.15) is 21.9 Å². The molecule has 0 spiro atoms. The third-order valence-corrected chi connectivity index (χ3v) is 2.77. The first-order valence-corrected chi connectivity index (χ1v) is 5.90. The third-order valence-electron chi connectivity index (χ3n) is 2.35. The molecule has 4 nitrogen and oxygen atoms in total. The summed E-state index contributed by atoms with van der Waals surface area (Å²) in [6, 6.07) is 5.39. The number of furan rings is 2. The number of hydrogen-bond donors (Lipinski definition) is 0. The van der Waals surface area contributed by atoms with Crippen molar-refractivity contribution in [2.45, 2.75) is 13.5 Å². The van der Waals surface area contributed by atoms with Crippen LogP contribution in [-0.2, 0) is 6.54 Å². The van der Waals surface area contributed by atoms with E-state index in [-0.39, 0.29) is 5.91 Å². The van der Waals surface area contributed by atoms with E-state index in [0.717, 1.165) is 11.5 Å². The molecule has 0 aromatic carbocycles. The Labute approximate surface area is 107 Å². The van der Waals surface area contributed by atoms with Crippen molar-refractivity contribution in [2.24, 2.45) is 0 Å². The third kappa shape index (κ3) is 2.79. The molecule has 1 amide bonds. The lowest BCUT2D eigenvalue weighted by atomic mass is 10.3. The average molecular weight is 298 g/mol. The van der Waals surface area contributed by atoms with Gasteiger partial charge in [0.1, 0.15) is 17.8 Å². The van der Waals surface area contributed by atoms with E-state index in [1.54, 1.807) is 18.0 Å². The molecule has 0 bridgehead atoms. The van der Waals surface area contributed by atoms with Gasteiger partial charge in [0.15, 0.2) is 4.67 Å². The van der Waals surface area contributed by atoms with Crippen molar-refractivity contribution in [3.8, 4) is 0 Å². The fraction of sp³-hybridized carbons (Fsp3) is 0.250. The van der Waals surface area contributed by atoms with Crippen molar-refractivity contribution in [3.05, 3.63) is 46.2 Å². The van der Waals surface area contributed by atoms with Gasteiger partial charge in [0.25, 0.3) is 5.91 Å². The maximum Gasteiger partial charge on any atom is 0.257 e. The van der Waals surface area contributed by atoms with Gasteiger partial charge in [-0.25, -0.2) is 0 Å². The maximum absolute atomic E-state index is 12.0. The molecule has 0 aliphatic heterocycles. The van der Waals surface area contributed by atoms with Gasteiger partial charge in [-0.3, -0.25) is 4.79 Å². The molecule has 2 rings (SSSR count). The lowest BCUT2D eigenvalue weighted by Gasteiger charge is -2.14. The van der Waals surface area contributed by atoms with Crippen LogP contribution in [0.15, 0.2) is 38.0 Å². The quantitative estimate of drug-likeness (QED) is 0.874. The van der Waals surface area contributed by atoms with Gasteiger partial charge in [-0.2, -0.15) is 0 Å². The predicted octanol–water partition coefficient (Wildman–Crippen LogP) is 3.22. The molecule has 0 aliphatic rings. The zero-order valence-electron chi connectivity index (χ0n) is 9.57. The second-order valence-corrected chi connectivity index (χ2v) is 4.59. The van der Waals surface area contributed by atoms with Crippen LogP contribution in [-0.4, -0.2) is 17.9 Å². The highest BCUT2D eigenvalue weighted by Gasteiger charge is 2.15. The Morgan fingerprint density at radius 1 is 1.47 bits per heavy atom. The monoisotopic (exact) mass is 297 g/mol. The molecule has 0 N–H and O–H groups in total. The standard InChI is InChI=1S/C12H12BrNO3/c1-8-3-4-10(17-8)6-14(2)12(15)9-5-11(13)16-7-9/h3-5,7H,6H2,1-2H3. The maximum atomic E-state index is 12.0. The minimum atomic E-state index is -0.103. The van der Waals surface area contributed by atoms with Crippen molar-refractivity contribution in [3.63, 3.8) is 0 Å². The Balaban J connectivity index is 2.05. The first kappa shape index (κ1) is 12.0. The van der Waals surface area contributed by atoms with Crippen LogP contribution >= 0.6 is 15.9 Å². The van der Waals surface area contributed by atoms with Gasteiger partial charge in [-0.1, -0.05) is 0 Å². The largest absolute Gasteiger partial charge is 0.464 e. The summed E-state index contributed by atoms with van der Waals surface area (Å²) < 4.78 is 11.0. The van der Waals surface area contributed by atoms with Crippen molar-refractivity contribution in [1.82, 2.24) is 4.90 Å². The van der Waals surface area contributed by atoms with Gasteiger partial charge in [-0.15, -0.1) is 0 Å². The Hall–Kier alpha value is -1.49. The minimum Gasteiger partial charge on any atom is -0.464 e. The van der Waals surface area contributed by atoms with E-state index in [1.165, 1.54) is 6.26 Å². The van der Waals surface area contributed by atoms with Gasteiger partial charge in [0.2, 0.25) is 0 Å². The molecule has 0 fully saturated rings. The highest BCUT2D eigenvalue weighted by Crippen LogP contribution is 2.16. The SMILES string of the molecule is Cc1ccc(CN(C)C(=O)c2coc(Br)c2)o1. The second kappa shape index (κ2) is 4.79. The van der Waals surface area contributed by atoms with E-state index in [0.29, 0.717) is 16.8 Å². The number of carbonyl (C=O) groups is 1. The van der Waals surface area contributed by atoms with Crippen LogP contribution in [0.2, 0.25) is 0 Å². The van der Waals surface area contributed by atoms with Crippen molar-refractivity contribution in [2.75, 3.05) is 7.05 Å². The number of hydrogen-bond acceptors (Lipinski definition) is 3. The van der Waals surface area contributed by atoms with E-state index >= 15 is 0 Å². The van der Waals surface area contributed by atoms with E-state index in [2.05, 4.69) is 15.9 Å². The lowest BCUT2D eigenvalue weighted by Crippen LogP contribution is -2.25. The van der Waals surface area contributed by atoms with Gasteiger partial charge in [0.05, 0.1) is 12.1 Å². The number of rotatable bonds is 3. The summed E-state index contributed by atoms with van der Waals surface area (Å²) in [6.07, 6.45) is 1.43. The summed E-state index contributed by atoms with van der Waals surface area (Å²) in [5, 5.41) is 0. The lowest BCUT2D eigenvalue weighted by molar-refractivity contribution is 0.0774. The fourth-order valence-corrected chi connectivity index (χ4v) is 1.86. The number of halogens is 1.